The molecule has 0 spiro atoms. The van der Waals surface area contributed by atoms with Crippen molar-refractivity contribution in [3.05, 3.63) is 0 Å². The first-order chi connectivity index (χ1) is 7.13. The van der Waals surface area contributed by atoms with Crippen LogP contribution in [0, 0.1) is 5.92 Å². The van der Waals surface area contributed by atoms with E-state index >= 15 is 0 Å². The molecule has 0 aromatic rings. The molecule has 0 aromatic heterocycles. The molecule has 1 saturated carbocycles. The van der Waals surface area contributed by atoms with Gasteiger partial charge in [0.25, 0.3) is 0 Å². The Morgan fingerprint density at radius 1 is 1.47 bits per heavy atom. The largest absolute Gasteiger partial charge is 0.330 e. The molecule has 84 valence electrons. The first-order valence-electron chi connectivity index (χ1n) is 5.44. The highest BCUT2D eigenvalue weighted by atomic mass is 16.2. The molecule has 2 aliphatic rings. The molecule has 0 aromatic carbocycles. The zero-order valence-corrected chi connectivity index (χ0v) is 8.98. The van der Waals surface area contributed by atoms with Gasteiger partial charge in [0, 0.05) is 12.6 Å². The Morgan fingerprint density at radius 3 is 2.67 bits per heavy atom. The van der Waals surface area contributed by atoms with Crippen LogP contribution in [0.3, 0.4) is 0 Å². The summed E-state index contributed by atoms with van der Waals surface area (Å²) in [6.45, 7) is 3.17. The summed E-state index contributed by atoms with van der Waals surface area (Å²) in [7, 11) is 0. The van der Waals surface area contributed by atoms with Gasteiger partial charge in [-0.25, -0.2) is 4.79 Å². The molecule has 3 amide bonds. The summed E-state index contributed by atoms with van der Waals surface area (Å²) < 4.78 is 0. The van der Waals surface area contributed by atoms with Crippen molar-refractivity contribution in [1.29, 1.82) is 0 Å². The van der Waals surface area contributed by atoms with Gasteiger partial charge in [-0.05, 0) is 25.3 Å². The number of nitrogens with zero attached hydrogens (tertiary/aromatic N) is 2. The molecular weight excluding hydrogens is 194 g/mol. The standard InChI is InChI=1S/C10H17N3O2/c1-7(4-11)5-13-9(14)6-12(10(13)15)8-2-3-8/h7-8H,2-6,11H2,1H3. The Balaban J connectivity index is 1.99. The fraction of sp³-hybridized carbons (Fsp3) is 0.800. The number of hydrogen-bond donors (Lipinski definition) is 1. The third-order valence-corrected chi connectivity index (χ3v) is 2.97. The molecule has 5 heteroatoms. The maximum Gasteiger partial charge on any atom is 0.327 e. The predicted molar refractivity (Wildman–Crippen MR) is 55.1 cm³/mol. The number of imide groups is 1. The lowest BCUT2D eigenvalue weighted by Crippen LogP contribution is -2.38. The van der Waals surface area contributed by atoms with Crippen LogP contribution in [0.15, 0.2) is 0 Å². The van der Waals surface area contributed by atoms with Gasteiger partial charge < -0.3 is 10.6 Å². The summed E-state index contributed by atoms with van der Waals surface area (Å²) in [4.78, 5) is 26.5. The van der Waals surface area contributed by atoms with Crippen LogP contribution < -0.4 is 5.73 Å². The Morgan fingerprint density at radius 2 is 2.13 bits per heavy atom. The van der Waals surface area contributed by atoms with Gasteiger partial charge in [-0.3, -0.25) is 9.69 Å². The lowest BCUT2D eigenvalue weighted by Gasteiger charge is -2.19. The molecule has 1 aliphatic heterocycles. The topological polar surface area (TPSA) is 66.6 Å². The van der Waals surface area contributed by atoms with Crippen molar-refractivity contribution in [3.63, 3.8) is 0 Å². The first-order valence-corrected chi connectivity index (χ1v) is 5.44. The van der Waals surface area contributed by atoms with E-state index in [-0.39, 0.29) is 24.4 Å². The van der Waals surface area contributed by atoms with Crippen LogP contribution in [0.2, 0.25) is 0 Å². The van der Waals surface area contributed by atoms with E-state index in [0.29, 0.717) is 19.1 Å². The molecule has 0 bridgehead atoms. The predicted octanol–water partition coefficient (Wildman–Crippen LogP) is 0.00780. The van der Waals surface area contributed by atoms with E-state index in [1.165, 1.54) is 4.90 Å². The van der Waals surface area contributed by atoms with E-state index in [9.17, 15) is 9.59 Å². The molecular formula is C10H17N3O2. The minimum absolute atomic E-state index is 0.0767. The summed E-state index contributed by atoms with van der Waals surface area (Å²) >= 11 is 0. The second kappa shape index (κ2) is 3.81. The van der Waals surface area contributed by atoms with Crippen molar-refractivity contribution in [2.24, 2.45) is 11.7 Å². The minimum atomic E-state index is -0.122. The summed E-state index contributed by atoms with van der Waals surface area (Å²) in [5, 5.41) is 0. The van der Waals surface area contributed by atoms with Gasteiger partial charge in [0.05, 0.1) is 0 Å². The fourth-order valence-electron chi connectivity index (χ4n) is 1.80. The van der Waals surface area contributed by atoms with Crippen LogP contribution in [0.1, 0.15) is 19.8 Å². The van der Waals surface area contributed by atoms with Gasteiger partial charge >= 0.3 is 6.03 Å². The van der Waals surface area contributed by atoms with Crippen molar-refractivity contribution in [3.8, 4) is 0 Å². The Bertz CT molecular complexity index is 288. The quantitative estimate of drug-likeness (QED) is 0.666. The van der Waals surface area contributed by atoms with Gasteiger partial charge in [0.2, 0.25) is 5.91 Å². The Labute approximate surface area is 89.2 Å². The lowest BCUT2D eigenvalue weighted by atomic mass is 10.2. The van der Waals surface area contributed by atoms with Gasteiger partial charge in [0.15, 0.2) is 0 Å². The maximum atomic E-state index is 11.8. The molecule has 1 heterocycles. The minimum Gasteiger partial charge on any atom is -0.330 e. The lowest BCUT2D eigenvalue weighted by molar-refractivity contribution is -0.125. The molecule has 1 aliphatic carbocycles. The second-order valence-electron chi connectivity index (χ2n) is 4.49. The molecule has 1 saturated heterocycles. The van der Waals surface area contributed by atoms with E-state index in [0.717, 1.165) is 12.8 Å². The number of nitrogens with two attached hydrogens (primary N) is 1. The highest BCUT2D eigenvalue weighted by Gasteiger charge is 2.43. The van der Waals surface area contributed by atoms with Crippen LogP contribution in [0.25, 0.3) is 0 Å². The van der Waals surface area contributed by atoms with Gasteiger partial charge in [-0.2, -0.15) is 0 Å². The molecule has 5 nitrogen and oxygen atoms in total. The normalized spacial score (nSPS) is 23.9. The van der Waals surface area contributed by atoms with Crippen LogP contribution >= 0.6 is 0 Å². The zero-order chi connectivity index (χ0) is 11.0. The van der Waals surface area contributed by atoms with Gasteiger partial charge in [0.1, 0.15) is 6.54 Å². The number of urea groups is 1. The average molecular weight is 211 g/mol. The van der Waals surface area contributed by atoms with Crippen molar-refractivity contribution in [1.82, 2.24) is 9.80 Å². The summed E-state index contributed by atoms with van der Waals surface area (Å²) in [6.07, 6.45) is 2.08. The number of rotatable bonds is 4. The van der Waals surface area contributed by atoms with E-state index < -0.39 is 0 Å². The Hall–Kier alpha value is -1.10. The van der Waals surface area contributed by atoms with Crippen molar-refractivity contribution < 1.29 is 9.59 Å². The molecule has 15 heavy (non-hydrogen) atoms. The SMILES string of the molecule is CC(CN)CN1C(=O)CN(C2CC2)C1=O. The van der Waals surface area contributed by atoms with Crippen LogP contribution in [0.5, 0.6) is 0 Å². The number of carbonyl (C=O) groups is 2. The summed E-state index contributed by atoms with van der Waals surface area (Å²) in [6, 6.07) is 0.197. The highest BCUT2D eigenvalue weighted by molar-refractivity contribution is 6.02. The van der Waals surface area contributed by atoms with E-state index in [1.807, 2.05) is 6.92 Å². The molecule has 1 unspecified atom stereocenters. The molecule has 1 atom stereocenters. The van der Waals surface area contributed by atoms with Gasteiger partial charge in [-0.1, -0.05) is 6.92 Å². The highest BCUT2D eigenvalue weighted by Crippen LogP contribution is 2.30. The van der Waals surface area contributed by atoms with Crippen LogP contribution in [0.4, 0.5) is 4.79 Å². The molecule has 2 N–H and O–H groups in total. The van der Waals surface area contributed by atoms with Crippen molar-refractivity contribution in [2.75, 3.05) is 19.6 Å². The van der Waals surface area contributed by atoms with Crippen molar-refractivity contribution in [2.45, 2.75) is 25.8 Å². The third kappa shape index (κ3) is 1.97. The zero-order valence-electron chi connectivity index (χ0n) is 8.98. The summed E-state index contributed by atoms with van der Waals surface area (Å²) in [5.41, 5.74) is 5.48. The van der Waals surface area contributed by atoms with E-state index in [1.54, 1.807) is 4.90 Å². The van der Waals surface area contributed by atoms with E-state index in [4.69, 9.17) is 5.73 Å². The maximum absolute atomic E-state index is 11.8. The number of carbonyl (C=O) groups excluding carboxylic acids is 2. The molecule has 2 fully saturated rings. The molecule has 2 rings (SSSR count). The molecule has 0 radical (unpaired) electrons. The smallest absolute Gasteiger partial charge is 0.327 e. The Kier molecular flexibility index (Phi) is 2.65. The van der Waals surface area contributed by atoms with E-state index in [2.05, 4.69) is 0 Å². The first kappa shape index (κ1) is 10.4. The number of amides is 3. The number of hydrogen-bond acceptors (Lipinski definition) is 3. The van der Waals surface area contributed by atoms with Gasteiger partial charge in [-0.15, -0.1) is 0 Å². The van der Waals surface area contributed by atoms with Crippen LogP contribution in [-0.2, 0) is 4.79 Å². The average Bonchev–Trinajstić information content (AvgIpc) is 3.00. The van der Waals surface area contributed by atoms with Crippen LogP contribution in [-0.4, -0.2) is 47.4 Å². The fourth-order valence-corrected chi connectivity index (χ4v) is 1.80. The monoisotopic (exact) mass is 211 g/mol. The summed E-state index contributed by atoms with van der Waals surface area (Å²) in [5.74, 6) is 0.101. The second-order valence-corrected chi connectivity index (χ2v) is 4.49. The third-order valence-electron chi connectivity index (χ3n) is 2.97. The van der Waals surface area contributed by atoms with Crippen molar-refractivity contribution >= 4 is 11.9 Å².